The predicted octanol–water partition coefficient (Wildman–Crippen LogP) is 4.36. The maximum atomic E-state index is 12.9. The van der Waals surface area contributed by atoms with Crippen molar-refractivity contribution in [1.82, 2.24) is 4.90 Å². The number of fused-ring (bicyclic) bond motifs is 1. The number of esters is 1. The Hall–Kier alpha value is -2.82. The van der Waals surface area contributed by atoms with Crippen LogP contribution in [-0.2, 0) is 15.9 Å². The lowest BCUT2D eigenvalue weighted by atomic mass is 9.88. The Morgan fingerprint density at radius 1 is 1.04 bits per heavy atom. The van der Waals surface area contributed by atoms with Gasteiger partial charge in [-0.05, 0) is 56.0 Å². The van der Waals surface area contributed by atoms with Gasteiger partial charge >= 0.3 is 12.1 Å². The first kappa shape index (κ1) is 19.0. The van der Waals surface area contributed by atoms with Gasteiger partial charge in [0.15, 0.2) is 0 Å². The van der Waals surface area contributed by atoms with E-state index >= 15 is 0 Å². The molecule has 1 atom stereocenters. The minimum absolute atomic E-state index is 0.253. The Labute approximate surface area is 159 Å². The summed E-state index contributed by atoms with van der Waals surface area (Å²) in [6.07, 6.45) is 0.450. The molecule has 0 saturated heterocycles. The van der Waals surface area contributed by atoms with Crippen molar-refractivity contribution in [2.45, 2.75) is 38.8 Å². The zero-order valence-electron chi connectivity index (χ0n) is 16.2. The normalized spacial score (nSPS) is 16.4. The second kappa shape index (κ2) is 7.43. The Morgan fingerprint density at radius 2 is 1.70 bits per heavy atom. The molecule has 1 heterocycles. The number of benzene rings is 2. The molecule has 27 heavy (non-hydrogen) atoms. The molecular formula is C22H25NO4. The number of hydrogen-bond acceptors (Lipinski definition) is 4. The summed E-state index contributed by atoms with van der Waals surface area (Å²) in [5.74, 6) is -0.380. The third-order valence-corrected chi connectivity index (χ3v) is 4.56. The van der Waals surface area contributed by atoms with Crippen LogP contribution in [0.2, 0.25) is 0 Å². The molecule has 0 N–H and O–H groups in total. The van der Waals surface area contributed by atoms with Crippen LogP contribution in [0.25, 0.3) is 0 Å². The van der Waals surface area contributed by atoms with Gasteiger partial charge in [-0.3, -0.25) is 4.90 Å². The Balaban J connectivity index is 2.00. The number of rotatable bonds is 2. The molecule has 2 aromatic carbocycles. The van der Waals surface area contributed by atoms with E-state index in [-0.39, 0.29) is 18.1 Å². The summed E-state index contributed by atoms with van der Waals surface area (Å²) < 4.78 is 10.4. The highest BCUT2D eigenvalue weighted by Crippen LogP contribution is 2.36. The molecule has 0 aliphatic carbocycles. The highest BCUT2D eigenvalue weighted by atomic mass is 16.6. The predicted molar refractivity (Wildman–Crippen MR) is 103 cm³/mol. The second-order valence-electron chi connectivity index (χ2n) is 7.64. The van der Waals surface area contributed by atoms with Gasteiger partial charge in [-0.15, -0.1) is 0 Å². The van der Waals surface area contributed by atoms with Crippen LogP contribution >= 0.6 is 0 Å². The van der Waals surface area contributed by atoms with Gasteiger partial charge < -0.3 is 9.47 Å². The van der Waals surface area contributed by atoms with Gasteiger partial charge in [-0.2, -0.15) is 0 Å². The number of amides is 1. The van der Waals surface area contributed by atoms with E-state index in [9.17, 15) is 9.59 Å². The van der Waals surface area contributed by atoms with Crippen molar-refractivity contribution in [3.63, 3.8) is 0 Å². The van der Waals surface area contributed by atoms with Crippen molar-refractivity contribution in [3.8, 4) is 0 Å². The third-order valence-electron chi connectivity index (χ3n) is 4.56. The van der Waals surface area contributed by atoms with Gasteiger partial charge in [-0.25, -0.2) is 9.59 Å². The lowest BCUT2D eigenvalue weighted by Gasteiger charge is -2.38. The molecule has 5 heteroatoms. The number of carbonyl (C=O) groups is 2. The number of nitrogens with zero attached hydrogens (tertiary/aromatic N) is 1. The Bertz CT molecular complexity index is 836. The van der Waals surface area contributed by atoms with E-state index in [1.54, 1.807) is 17.0 Å². The maximum Gasteiger partial charge on any atom is 0.411 e. The fourth-order valence-electron chi connectivity index (χ4n) is 3.36. The minimum Gasteiger partial charge on any atom is -0.465 e. The fraction of sp³-hybridized carbons (Fsp3) is 0.364. The Kier molecular flexibility index (Phi) is 5.22. The zero-order valence-corrected chi connectivity index (χ0v) is 16.2. The molecule has 2 aromatic rings. The van der Waals surface area contributed by atoms with Crippen molar-refractivity contribution in [1.29, 1.82) is 0 Å². The molecule has 0 aromatic heterocycles. The molecule has 1 amide bonds. The molecule has 1 aliphatic heterocycles. The molecule has 0 bridgehead atoms. The minimum atomic E-state index is -0.562. The van der Waals surface area contributed by atoms with Gasteiger partial charge in [0.25, 0.3) is 0 Å². The summed E-state index contributed by atoms with van der Waals surface area (Å²) in [6.45, 7) is 6.17. The number of ether oxygens (including phenoxy) is 2. The van der Waals surface area contributed by atoms with Crippen LogP contribution in [-0.4, -0.2) is 36.2 Å². The summed E-state index contributed by atoms with van der Waals surface area (Å²) in [7, 11) is 1.36. The van der Waals surface area contributed by atoms with Crippen LogP contribution in [0.3, 0.4) is 0 Å². The first-order chi connectivity index (χ1) is 12.8. The number of carbonyl (C=O) groups excluding carboxylic acids is 2. The number of methoxy groups -OCH3 is 1. The van der Waals surface area contributed by atoms with Crippen molar-refractivity contribution >= 4 is 12.1 Å². The average molecular weight is 367 g/mol. The van der Waals surface area contributed by atoms with Crippen LogP contribution < -0.4 is 0 Å². The van der Waals surface area contributed by atoms with Crippen LogP contribution in [0, 0.1) is 0 Å². The molecule has 0 fully saturated rings. The lowest BCUT2D eigenvalue weighted by molar-refractivity contribution is 0.0178. The molecule has 0 saturated carbocycles. The van der Waals surface area contributed by atoms with Crippen molar-refractivity contribution < 1.29 is 19.1 Å². The zero-order chi connectivity index (χ0) is 19.6. The molecule has 1 unspecified atom stereocenters. The lowest BCUT2D eigenvalue weighted by Crippen LogP contribution is -2.43. The molecule has 142 valence electrons. The van der Waals surface area contributed by atoms with Crippen LogP contribution in [0.15, 0.2) is 48.5 Å². The summed E-state index contributed by atoms with van der Waals surface area (Å²) in [5.41, 5.74) is 3.16. The Morgan fingerprint density at radius 3 is 2.33 bits per heavy atom. The van der Waals surface area contributed by atoms with E-state index in [0.29, 0.717) is 12.1 Å². The molecule has 1 aliphatic rings. The molecular weight excluding hydrogens is 342 g/mol. The maximum absolute atomic E-state index is 12.9. The molecule has 5 nitrogen and oxygen atoms in total. The first-order valence-corrected chi connectivity index (χ1v) is 9.06. The van der Waals surface area contributed by atoms with Gasteiger partial charge in [0, 0.05) is 6.54 Å². The first-order valence-electron chi connectivity index (χ1n) is 9.06. The average Bonchev–Trinajstić information content (AvgIpc) is 2.65. The van der Waals surface area contributed by atoms with E-state index in [0.717, 1.165) is 17.5 Å². The van der Waals surface area contributed by atoms with Crippen LogP contribution in [0.5, 0.6) is 0 Å². The van der Waals surface area contributed by atoms with Gasteiger partial charge in [-0.1, -0.05) is 36.4 Å². The smallest absolute Gasteiger partial charge is 0.411 e. The summed E-state index contributed by atoms with van der Waals surface area (Å²) in [5, 5.41) is 0. The highest BCUT2D eigenvalue weighted by Gasteiger charge is 2.34. The summed E-state index contributed by atoms with van der Waals surface area (Å²) in [4.78, 5) is 26.3. The molecule has 0 radical (unpaired) electrons. The van der Waals surface area contributed by atoms with Gasteiger partial charge in [0.05, 0.1) is 18.7 Å². The van der Waals surface area contributed by atoms with Crippen molar-refractivity contribution in [3.05, 3.63) is 70.8 Å². The summed E-state index contributed by atoms with van der Waals surface area (Å²) >= 11 is 0. The summed E-state index contributed by atoms with van der Waals surface area (Å²) in [6, 6.07) is 15.1. The quantitative estimate of drug-likeness (QED) is 0.740. The van der Waals surface area contributed by atoms with Crippen LogP contribution in [0.4, 0.5) is 4.79 Å². The van der Waals surface area contributed by atoms with E-state index in [2.05, 4.69) is 6.07 Å². The van der Waals surface area contributed by atoms with E-state index in [4.69, 9.17) is 9.47 Å². The largest absolute Gasteiger partial charge is 0.465 e. The van der Waals surface area contributed by atoms with Crippen molar-refractivity contribution in [2.75, 3.05) is 13.7 Å². The van der Waals surface area contributed by atoms with Crippen molar-refractivity contribution in [2.24, 2.45) is 0 Å². The van der Waals surface area contributed by atoms with Crippen LogP contribution in [0.1, 0.15) is 53.9 Å². The third kappa shape index (κ3) is 4.13. The highest BCUT2D eigenvalue weighted by molar-refractivity contribution is 5.89. The standard InChI is InChI=1S/C22H25NO4/c1-22(2,3)27-21(25)23-14-13-15-7-5-6-8-18(15)19(23)16-9-11-17(12-10-16)20(24)26-4/h5-12,19H,13-14H2,1-4H3. The fourth-order valence-corrected chi connectivity index (χ4v) is 3.36. The van der Waals surface area contributed by atoms with Gasteiger partial charge in [0.1, 0.15) is 5.60 Å². The van der Waals surface area contributed by atoms with Gasteiger partial charge in [0.2, 0.25) is 0 Å². The monoisotopic (exact) mass is 367 g/mol. The molecule has 3 rings (SSSR count). The number of hydrogen-bond donors (Lipinski definition) is 0. The topological polar surface area (TPSA) is 55.8 Å². The van der Waals surface area contributed by atoms with E-state index < -0.39 is 5.60 Å². The molecule has 0 spiro atoms. The second-order valence-corrected chi connectivity index (χ2v) is 7.64. The SMILES string of the molecule is COC(=O)c1ccc(C2c3ccccc3CCN2C(=O)OC(C)(C)C)cc1. The van der Waals surface area contributed by atoms with E-state index in [1.165, 1.54) is 12.7 Å². The van der Waals surface area contributed by atoms with E-state index in [1.807, 2.05) is 51.1 Å².